The van der Waals surface area contributed by atoms with Crippen LogP contribution in [0.3, 0.4) is 0 Å². The van der Waals surface area contributed by atoms with Gasteiger partial charge >= 0.3 is 0 Å². The van der Waals surface area contributed by atoms with E-state index in [9.17, 15) is 14.0 Å². The molecule has 0 spiro atoms. The lowest BCUT2D eigenvalue weighted by molar-refractivity contribution is -0.121. The SMILES string of the molecule is Cc1cc(C)cc(N2N=N[C@@H]3C(=O)N(c4ccc(F)cc4)C(=O)[C@H]32)c1. The Morgan fingerprint density at radius 2 is 1.56 bits per heavy atom. The first-order valence-corrected chi connectivity index (χ1v) is 7.87. The van der Waals surface area contributed by atoms with Crippen LogP contribution in [0, 0.1) is 19.7 Å². The van der Waals surface area contributed by atoms with Crippen molar-refractivity contribution in [1.29, 1.82) is 0 Å². The summed E-state index contributed by atoms with van der Waals surface area (Å²) < 4.78 is 13.1. The standard InChI is InChI=1S/C18H15FN4O2/c1-10-7-11(2)9-14(8-10)23-16-15(20-21-23)17(24)22(18(16)25)13-5-3-12(19)4-6-13/h3-9,15-16H,1-2H3/t15-,16-/m0/s1. The molecule has 7 heteroatoms. The fraction of sp³-hybridized carbons (Fsp3) is 0.222. The van der Waals surface area contributed by atoms with Gasteiger partial charge in [-0.2, -0.15) is 5.11 Å². The van der Waals surface area contributed by atoms with Gasteiger partial charge in [0.1, 0.15) is 5.82 Å². The maximum Gasteiger partial charge on any atom is 0.263 e. The fourth-order valence-electron chi connectivity index (χ4n) is 3.30. The molecule has 2 aromatic carbocycles. The number of hydrogen-bond donors (Lipinski definition) is 0. The quantitative estimate of drug-likeness (QED) is 0.791. The van der Waals surface area contributed by atoms with Crippen LogP contribution in [0.15, 0.2) is 52.8 Å². The Kier molecular flexibility index (Phi) is 3.38. The number of anilines is 2. The van der Waals surface area contributed by atoms with Gasteiger partial charge in [0.2, 0.25) is 0 Å². The molecule has 0 unspecified atom stereocenters. The van der Waals surface area contributed by atoms with Crippen molar-refractivity contribution in [1.82, 2.24) is 0 Å². The lowest BCUT2D eigenvalue weighted by Gasteiger charge is -2.21. The van der Waals surface area contributed by atoms with E-state index in [1.54, 1.807) is 0 Å². The number of nitrogens with zero attached hydrogens (tertiary/aromatic N) is 4. The molecule has 25 heavy (non-hydrogen) atoms. The molecular formula is C18H15FN4O2. The van der Waals surface area contributed by atoms with E-state index in [1.807, 2.05) is 32.0 Å². The largest absolute Gasteiger partial charge is 0.271 e. The van der Waals surface area contributed by atoms with Crippen LogP contribution in [-0.4, -0.2) is 23.9 Å². The van der Waals surface area contributed by atoms with E-state index in [-0.39, 0.29) is 0 Å². The number of amides is 2. The van der Waals surface area contributed by atoms with Gasteiger partial charge in [0.05, 0.1) is 11.4 Å². The number of imide groups is 1. The lowest BCUT2D eigenvalue weighted by atomic mass is 10.1. The Balaban J connectivity index is 1.71. The monoisotopic (exact) mass is 338 g/mol. The van der Waals surface area contributed by atoms with E-state index in [4.69, 9.17) is 0 Å². The van der Waals surface area contributed by atoms with Crippen molar-refractivity contribution in [3.05, 3.63) is 59.4 Å². The van der Waals surface area contributed by atoms with Crippen LogP contribution in [-0.2, 0) is 9.59 Å². The zero-order valence-corrected chi connectivity index (χ0v) is 13.7. The first kappa shape index (κ1) is 15.4. The minimum atomic E-state index is -0.877. The number of carbonyl (C=O) groups is 2. The van der Waals surface area contributed by atoms with Crippen molar-refractivity contribution >= 4 is 23.2 Å². The Labute approximate surface area is 143 Å². The summed E-state index contributed by atoms with van der Waals surface area (Å²) in [6, 6.07) is 9.37. The van der Waals surface area contributed by atoms with Crippen LogP contribution < -0.4 is 9.91 Å². The van der Waals surface area contributed by atoms with Crippen molar-refractivity contribution in [3.63, 3.8) is 0 Å². The second-order valence-electron chi connectivity index (χ2n) is 6.27. The van der Waals surface area contributed by atoms with Gasteiger partial charge in [0, 0.05) is 0 Å². The summed E-state index contributed by atoms with van der Waals surface area (Å²) in [6.07, 6.45) is 0. The van der Waals surface area contributed by atoms with Gasteiger partial charge < -0.3 is 0 Å². The predicted molar refractivity (Wildman–Crippen MR) is 89.7 cm³/mol. The van der Waals surface area contributed by atoms with Crippen LogP contribution in [0.4, 0.5) is 15.8 Å². The van der Waals surface area contributed by atoms with Gasteiger partial charge in [-0.15, -0.1) is 0 Å². The van der Waals surface area contributed by atoms with Gasteiger partial charge in [0.25, 0.3) is 11.8 Å². The highest BCUT2D eigenvalue weighted by Gasteiger charge is 2.55. The smallest absolute Gasteiger partial charge is 0.263 e. The van der Waals surface area contributed by atoms with Crippen molar-refractivity contribution < 1.29 is 14.0 Å². The summed E-state index contributed by atoms with van der Waals surface area (Å²) in [4.78, 5) is 26.6. The molecule has 0 N–H and O–H groups in total. The Morgan fingerprint density at radius 3 is 2.20 bits per heavy atom. The van der Waals surface area contributed by atoms with Crippen LogP contribution >= 0.6 is 0 Å². The molecule has 2 heterocycles. The van der Waals surface area contributed by atoms with E-state index in [2.05, 4.69) is 10.3 Å². The van der Waals surface area contributed by atoms with Gasteiger partial charge in [0.15, 0.2) is 12.1 Å². The molecule has 2 aliphatic rings. The molecule has 0 radical (unpaired) electrons. The van der Waals surface area contributed by atoms with Gasteiger partial charge in [-0.3, -0.25) is 9.59 Å². The number of halogens is 1. The maximum absolute atomic E-state index is 13.1. The molecule has 6 nitrogen and oxygen atoms in total. The highest BCUT2D eigenvalue weighted by Crippen LogP contribution is 2.35. The molecule has 0 saturated carbocycles. The number of carbonyl (C=O) groups excluding carboxylic acids is 2. The summed E-state index contributed by atoms with van der Waals surface area (Å²) >= 11 is 0. The summed E-state index contributed by atoms with van der Waals surface area (Å²) in [6.45, 7) is 3.90. The van der Waals surface area contributed by atoms with E-state index in [0.29, 0.717) is 5.69 Å². The van der Waals surface area contributed by atoms with Crippen molar-refractivity contribution in [2.45, 2.75) is 25.9 Å². The second-order valence-corrected chi connectivity index (χ2v) is 6.27. The summed E-state index contributed by atoms with van der Waals surface area (Å²) in [5.41, 5.74) is 3.11. The zero-order valence-electron chi connectivity index (χ0n) is 13.7. The third-order valence-electron chi connectivity index (χ3n) is 4.34. The van der Waals surface area contributed by atoms with Crippen molar-refractivity contribution in [2.75, 3.05) is 9.91 Å². The lowest BCUT2D eigenvalue weighted by Crippen LogP contribution is -2.40. The maximum atomic E-state index is 13.1. The number of rotatable bonds is 2. The third-order valence-corrected chi connectivity index (χ3v) is 4.34. The van der Waals surface area contributed by atoms with E-state index in [1.165, 1.54) is 29.3 Å². The minimum Gasteiger partial charge on any atom is -0.271 e. The highest BCUT2D eigenvalue weighted by molar-refractivity contribution is 6.26. The number of benzene rings is 2. The minimum absolute atomic E-state index is 0.335. The van der Waals surface area contributed by atoms with Crippen LogP contribution in [0.1, 0.15) is 11.1 Å². The summed E-state index contributed by atoms with van der Waals surface area (Å²) in [7, 11) is 0. The fourth-order valence-corrected chi connectivity index (χ4v) is 3.30. The molecule has 0 bridgehead atoms. The zero-order chi connectivity index (χ0) is 17.7. The highest BCUT2D eigenvalue weighted by atomic mass is 19.1. The second kappa shape index (κ2) is 5.47. The molecule has 0 aromatic heterocycles. The Bertz CT molecular complexity index is 890. The summed E-state index contributed by atoms with van der Waals surface area (Å²) in [5, 5.41) is 9.54. The number of hydrogen-bond acceptors (Lipinski definition) is 5. The van der Waals surface area contributed by atoms with Crippen molar-refractivity contribution in [3.8, 4) is 0 Å². The van der Waals surface area contributed by atoms with Gasteiger partial charge in [-0.25, -0.2) is 14.3 Å². The molecule has 126 valence electrons. The molecule has 1 saturated heterocycles. The number of aryl methyl sites for hydroxylation is 2. The van der Waals surface area contributed by atoms with Gasteiger partial charge in [-0.05, 0) is 61.4 Å². The van der Waals surface area contributed by atoms with Crippen LogP contribution in [0.25, 0.3) is 0 Å². The Morgan fingerprint density at radius 1 is 0.920 bits per heavy atom. The molecule has 4 rings (SSSR count). The van der Waals surface area contributed by atoms with Gasteiger partial charge in [-0.1, -0.05) is 11.3 Å². The average Bonchev–Trinajstić information content (AvgIpc) is 3.09. The number of fused-ring (bicyclic) bond motifs is 1. The first-order valence-electron chi connectivity index (χ1n) is 7.87. The van der Waals surface area contributed by atoms with E-state index < -0.39 is 29.7 Å². The topological polar surface area (TPSA) is 65.3 Å². The molecule has 2 aliphatic heterocycles. The van der Waals surface area contributed by atoms with Crippen molar-refractivity contribution in [2.24, 2.45) is 10.3 Å². The Hall–Kier alpha value is -3.09. The van der Waals surface area contributed by atoms with E-state index in [0.717, 1.165) is 21.7 Å². The van der Waals surface area contributed by atoms with Crippen LogP contribution in [0.2, 0.25) is 0 Å². The van der Waals surface area contributed by atoms with Crippen LogP contribution in [0.5, 0.6) is 0 Å². The molecule has 0 aliphatic carbocycles. The third kappa shape index (κ3) is 2.39. The normalized spacial score (nSPS) is 22.0. The molecule has 1 fully saturated rings. The first-order chi connectivity index (χ1) is 12.0. The average molecular weight is 338 g/mol. The van der Waals surface area contributed by atoms with E-state index >= 15 is 0 Å². The molecule has 2 amide bonds. The molecule has 2 aromatic rings. The molecular weight excluding hydrogens is 323 g/mol. The molecule has 2 atom stereocenters. The summed E-state index contributed by atoms with van der Waals surface area (Å²) in [5.74, 6) is -1.29. The predicted octanol–water partition coefficient (Wildman–Crippen LogP) is 2.94.